The van der Waals surface area contributed by atoms with Crippen molar-refractivity contribution in [1.82, 2.24) is 0 Å². The molecule has 194 valence electrons. The van der Waals surface area contributed by atoms with E-state index in [9.17, 15) is 4.79 Å². The van der Waals surface area contributed by atoms with Gasteiger partial charge >= 0.3 is 5.97 Å². The Morgan fingerprint density at radius 2 is 1.92 bits per heavy atom. The van der Waals surface area contributed by atoms with Crippen LogP contribution in [-0.2, 0) is 24.2 Å². The van der Waals surface area contributed by atoms with Crippen LogP contribution in [0.3, 0.4) is 0 Å². The maximum absolute atomic E-state index is 11.1. The predicted molar refractivity (Wildman–Crippen MR) is 148 cm³/mol. The summed E-state index contributed by atoms with van der Waals surface area (Å²) in [6.07, 6.45) is 6.51. The molecule has 1 heterocycles. The summed E-state index contributed by atoms with van der Waals surface area (Å²) in [7, 11) is 0. The van der Waals surface area contributed by atoms with Crippen LogP contribution in [0, 0.1) is 6.92 Å². The number of ether oxygens (including phenoxy) is 3. The van der Waals surface area contributed by atoms with Crippen LogP contribution in [-0.4, -0.2) is 36.3 Å². The molecule has 0 aromatic heterocycles. The Bertz CT molecular complexity index is 1280. The van der Waals surface area contributed by atoms with Crippen LogP contribution in [0.1, 0.15) is 53.0 Å². The highest BCUT2D eigenvalue weighted by molar-refractivity contribution is 7.98. The highest BCUT2D eigenvalue weighted by Gasteiger charge is 2.26. The summed E-state index contributed by atoms with van der Waals surface area (Å²) in [5.41, 5.74) is 8.70. The van der Waals surface area contributed by atoms with E-state index in [4.69, 9.17) is 19.3 Å². The van der Waals surface area contributed by atoms with Gasteiger partial charge in [0.05, 0.1) is 19.6 Å². The van der Waals surface area contributed by atoms with Crippen molar-refractivity contribution in [3.63, 3.8) is 0 Å². The monoisotopic (exact) mass is 518 g/mol. The molecular formula is C31H34O5S. The molecule has 0 radical (unpaired) electrons. The summed E-state index contributed by atoms with van der Waals surface area (Å²) in [5.74, 6) is 2.63. The first-order valence-corrected chi connectivity index (χ1v) is 14.4. The second-order valence-corrected chi connectivity index (χ2v) is 10.9. The fourth-order valence-electron chi connectivity index (χ4n) is 5.41. The third-order valence-corrected chi connectivity index (χ3v) is 7.88. The smallest absolute Gasteiger partial charge is 0.304 e. The zero-order valence-corrected chi connectivity index (χ0v) is 22.4. The molecule has 1 aliphatic heterocycles. The van der Waals surface area contributed by atoms with Gasteiger partial charge in [-0.1, -0.05) is 18.2 Å². The predicted octanol–water partition coefficient (Wildman–Crippen LogP) is 6.81. The number of fused-ring (bicyclic) bond motifs is 4. The molecule has 0 fully saturated rings. The lowest BCUT2D eigenvalue weighted by Gasteiger charge is -2.17. The molecule has 0 spiro atoms. The lowest BCUT2D eigenvalue weighted by Crippen LogP contribution is -2.07. The molecule has 3 aromatic rings. The van der Waals surface area contributed by atoms with E-state index in [2.05, 4.69) is 43.5 Å². The maximum atomic E-state index is 11.1. The van der Waals surface area contributed by atoms with Gasteiger partial charge in [-0.15, -0.1) is 0 Å². The number of hydrogen-bond donors (Lipinski definition) is 1. The highest BCUT2D eigenvalue weighted by Crippen LogP contribution is 2.40. The molecule has 0 saturated heterocycles. The average Bonchev–Trinajstić information content (AvgIpc) is 3.16. The molecule has 5 rings (SSSR count). The Labute approximate surface area is 223 Å². The zero-order valence-electron chi connectivity index (χ0n) is 21.5. The molecule has 1 aliphatic carbocycles. The van der Waals surface area contributed by atoms with Gasteiger partial charge in [-0.2, -0.15) is 11.8 Å². The van der Waals surface area contributed by atoms with E-state index in [1.165, 1.54) is 27.8 Å². The molecule has 1 N–H and O–H groups in total. The summed E-state index contributed by atoms with van der Waals surface area (Å²) < 4.78 is 18.0. The van der Waals surface area contributed by atoms with Gasteiger partial charge in [-0.25, -0.2) is 0 Å². The molecule has 0 amide bonds. The van der Waals surface area contributed by atoms with Crippen LogP contribution >= 0.6 is 11.8 Å². The van der Waals surface area contributed by atoms with Crippen molar-refractivity contribution in [2.45, 2.75) is 51.6 Å². The van der Waals surface area contributed by atoms with E-state index in [1.807, 2.05) is 30.0 Å². The van der Waals surface area contributed by atoms with Gasteiger partial charge in [0, 0.05) is 17.5 Å². The van der Waals surface area contributed by atoms with Crippen LogP contribution in [0.4, 0.5) is 0 Å². The van der Waals surface area contributed by atoms with Crippen molar-refractivity contribution >= 4 is 17.7 Å². The molecule has 0 bridgehead atoms. The van der Waals surface area contributed by atoms with Crippen LogP contribution in [0.2, 0.25) is 0 Å². The molecule has 37 heavy (non-hydrogen) atoms. The summed E-state index contributed by atoms with van der Waals surface area (Å²) >= 11 is 1.85. The van der Waals surface area contributed by atoms with Crippen molar-refractivity contribution in [2.24, 2.45) is 0 Å². The molecule has 5 nitrogen and oxygen atoms in total. The Hall–Kier alpha value is -3.12. The van der Waals surface area contributed by atoms with Crippen molar-refractivity contribution in [3.05, 3.63) is 76.3 Å². The fraction of sp³-hybridized carbons (Fsp3) is 0.387. The van der Waals surface area contributed by atoms with Crippen molar-refractivity contribution < 1.29 is 24.1 Å². The number of aryl methyl sites for hydroxylation is 3. The molecular weight excluding hydrogens is 484 g/mol. The highest BCUT2D eigenvalue weighted by atomic mass is 32.2. The minimum Gasteiger partial charge on any atom is -0.494 e. The normalized spacial score (nSPS) is 15.7. The van der Waals surface area contributed by atoms with Gasteiger partial charge < -0.3 is 19.3 Å². The van der Waals surface area contributed by atoms with Crippen molar-refractivity contribution in [1.29, 1.82) is 0 Å². The largest absolute Gasteiger partial charge is 0.494 e. The first-order valence-electron chi connectivity index (χ1n) is 13.0. The maximum Gasteiger partial charge on any atom is 0.304 e. The van der Waals surface area contributed by atoms with E-state index in [1.54, 1.807) is 0 Å². The number of hydrogen-bond acceptors (Lipinski definition) is 5. The second kappa shape index (κ2) is 11.5. The quantitative estimate of drug-likeness (QED) is 0.297. The SMILES string of the molecule is CSCCCOc1cc(C)c2c(c1)CCCc1ccc(COc3ccc4c(c3)OCC4CC(=O)O)cc1-2. The second-order valence-electron chi connectivity index (χ2n) is 9.91. The molecule has 1 atom stereocenters. The number of thioether (sulfide) groups is 1. The summed E-state index contributed by atoms with van der Waals surface area (Å²) in [6, 6.07) is 16.8. The number of carboxylic acid groups (broad SMARTS) is 1. The molecule has 1 unspecified atom stereocenters. The van der Waals surface area contributed by atoms with E-state index in [0.717, 1.165) is 66.4 Å². The number of aliphatic carboxylic acids is 1. The van der Waals surface area contributed by atoms with Crippen LogP contribution in [0.5, 0.6) is 17.2 Å². The molecule has 6 heteroatoms. The first-order chi connectivity index (χ1) is 18.0. The van der Waals surface area contributed by atoms with Crippen LogP contribution < -0.4 is 14.2 Å². The number of carboxylic acids is 1. The van der Waals surface area contributed by atoms with Gasteiger partial charge in [0.15, 0.2) is 0 Å². The Kier molecular flexibility index (Phi) is 7.94. The van der Waals surface area contributed by atoms with Gasteiger partial charge in [0.1, 0.15) is 23.9 Å². The van der Waals surface area contributed by atoms with E-state index in [0.29, 0.717) is 13.2 Å². The summed E-state index contributed by atoms with van der Waals surface area (Å²) in [4.78, 5) is 11.1. The number of carbonyl (C=O) groups is 1. The van der Waals surface area contributed by atoms with E-state index in [-0.39, 0.29) is 12.3 Å². The van der Waals surface area contributed by atoms with Gasteiger partial charge in [0.25, 0.3) is 0 Å². The topological polar surface area (TPSA) is 65.0 Å². The standard InChI is InChI=1S/C31H34O5S/c1-20-13-26(34-11-4-12-37-2)15-23-6-3-5-22-8-7-21(14-28(22)31(20)23)18-35-25-9-10-27-24(16-30(32)33)19-36-29(27)17-25/h7-10,13-15,17,24H,3-6,11-12,16,18-19H2,1-2H3,(H,32,33). The molecule has 3 aromatic carbocycles. The Balaban J connectivity index is 1.32. The molecule has 0 saturated carbocycles. The van der Waals surface area contributed by atoms with Crippen LogP contribution in [0.15, 0.2) is 48.5 Å². The number of rotatable bonds is 10. The van der Waals surface area contributed by atoms with Crippen molar-refractivity contribution in [3.8, 4) is 28.4 Å². The van der Waals surface area contributed by atoms with Gasteiger partial charge in [-0.05, 0) is 102 Å². The third-order valence-electron chi connectivity index (χ3n) is 7.18. The zero-order chi connectivity index (χ0) is 25.8. The number of benzene rings is 3. The Morgan fingerprint density at radius 1 is 1.05 bits per heavy atom. The average molecular weight is 519 g/mol. The third kappa shape index (κ3) is 5.90. The minimum absolute atomic E-state index is 0.0782. The lowest BCUT2D eigenvalue weighted by atomic mass is 9.91. The van der Waals surface area contributed by atoms with Crippen molar-refractivity contribution in [2.75, 3.05) is 25.2 Å². The van der Waals surface area contributed by atoms with E-state index < -0.39 is 5.97 Å². The minimum atomic E-state index is -0.809. The summed E-state index contributed by atoms with van der Waals surface area (Å²) in [5, 5.41) is 9.12. The fourth-order valence-corrected chi connectivity index (χ4v) is 5.82. The molecule has 2 aliphatic rings. The lowest BCUT2D eigenvalue weighted by molar-refractivity contribution is -0.137. The Morgan fingerprint density at radius 3 is 2.76 bits per heavy atom. The van der Waals surface area contributed by atoms with Gasteiger partial charge in [-0.3, -0.25) is 4.79 Å². The first kappa shape index (κ1) is 25.5. The van der Waals surface area contributed by atoms with Crippen LogP contribution in [0.25, 0.3) is 11.1 Å². The summed E-state index contributed by atoms with van der Waals surface area (Å²) in [6.45, 7) is 3.80. The van der Waals surface area contributed by atoms with Gasteiger partial charge in [0.2, 0.25) is 0 Å². The van der Waals surface area contributed by atoms with E-state index >= 15 is 0 Å².